The number of carbonyl (C=O) groups excluding carboxylic acids is 2. The number of unbranched alkanes of at least 4 members (excludes halogenated alkanes) is 29. The second kappa shape index (κ2) is 45.8. The Morgan fingerprint density at radius 2 is 0.839 bits per heavy atom. The first-order valence-electron chi connectivity index (χ1n) is 24.3. The molecule has 0 radical (unpaired) electrons. The van der Waals surface area contributed by atoms with Crippen LogP contribution in [-0.2, 0) is 14.3 Å². The van der Waals surface area contributed by atoms with Crippen molar-refractivity contribution >= 4 is 11.9 Å². The summed E-state index contributed by atoms with van der Waals surface area (Å²) < 4.78 is 5.43. The lowest BCUT2D eigenvalue weighted by Gasteiger charge is -2.20. The second-order valence-electron chi connectivity index (χ2n) is 16.4. The first kappa shape index (κ1) is 54.1. The third-order valence-electron chi connectivity index (χ3n) is 10.9. The number of rotatable bonds is 44. The monoisotopic (exact) mass is 788 g/mol. The molecule has 0 aliphatic rings. The van der Waals surface area contributed by atoms with Crippen molar-refractivity contribution in [1.82, 2.24) is 5.32 Å². The van der Waals surface area contributed by atoms with Gasteiger partial charge in [0.25, 0.3) is 0 Å². The number of amides is 1. The van der Waals surface area contributed by atoms with E-state index < -0.39 is 12.1 Å². The average molecular weight is 788 g/mol. The van der Waals surface area contributed by atoms with Gasteiger partial charge in [0.05, 0.1) is 25.4 Å². The highest BCUT2D eigenvalue weighted by Gasteiger charge is 2.18. The molecular weight excluding hydrogens is 695 g/mol. The smallest absolute Gasteiger partial charge is 0.305 e. The molecule has 6 nitrogen and oxygen atoms in total. The maximum Gasteiger partial charge on any atom is 0.305 e. The highest BCUT2D eigenvalue weighted by molar-refractivity contribution is 5.76. The summed E-state index contributed by atoms with van der Waals surface area (Å²) >= 11 is 0. The molecule has 0 saturated heterocycles. The van der Waals surface area contributed by atoms with Crippen LogP contribution in [-0.4, -0.2) is 47.4 Å². The topological polar surface area (TPSA) is 95.9 Å². The van der Waals surface area contributed by atoms with Gasteiger partial charge < -0.3 is 20.3 Å². The van der Waals surface area contributed by atoms with Crippen LogP contribution in [0.5, 0.6) is 0 Å². The normalized spacial score (nSPS) is 13.0. The SMILES string of the molecule is CCCCCCCC/C=C\CCCCCCCCCCCC(=O)OCCCC/C=C\CCCCCCC(=O)NC(CO)C(O)/C=C/CCCCCCCCCC. The number of allylic oxidation sites excluding steroid dienone is 5. The van der Waals surface area contributed by atoms with Crippen LogP contribution >= 0.6 is 0 Å². The molecular formula is C50H93NO5. The molecule has 0 saturated carbocycles. The molecule has 6 heteroatoms. The van der Waals surface area contributed by atoms with Crippen molar-refractivity contribution < 1.29 is 24.5 Å². The van der Waals surface area contributed by atoms with E-state index in [0.29, 0.717) is 19.4 Å². The lowest BCUT2D eigenvalue weighted by atomic mass is 10.1. The van der Waals surface area contributed by atoms with Gasteiger partial charge >= 0.3 is 5.97 Å². The Morgan fingerprint density at radius 1 is 0.482 bits per heavy atom. The molecule has 2 unspecified atom stereocenters. The number of nitrogens with one attached hydrogen (secondary N) is 1. The van der Waals surface area contributed by atoms with E-state index in [2.05, 4.69) is 43.5 Å². The molecule has 0 fully saturated rings. The minimum Gasteiger partial charge on any atom is -0.466 e. The molecule has 3 N–H and O–H groups in total. The number of hydrogen-bond acceptors (Lipinski definition) is 5. The van der Waals surface area contributed by atoms with E-state index in [9.17, 15) is 19.8 Å². The third-order valence-corrected chi connectivity index (χ3v) is 10.9. The van der Waals surface area contributed by atoms with Crippen molar-refractivity contribution in [3.8, 4) is 0 Å². The number of hydrogen-bond donors (Lipinski definition) is 3. The first-order chi connectivity index (χ1) is 27.5. The Bertz CT molecular complexity index is 915. The maximum absolute atomic E-state index is 12.4. The fourth-order valence-electron chi connectivity index (χ4n) is 7.09. The second-order valence-corrected chi connectivity index (χ2v) is 16.4. The summed E-state index contributed by atoms with van der Waals surface area (Å²) in [6.45, 7) is 4.78. The molecule has 0 spiro atoms. The van der Waals surface area contributed by atoms with Crippen molar-refractivity contribution in [2.45, 2.75) is 257 Å². The Labute approximate surface area is 347 Å². The molecule has 0 aromatic rings. The molecule has 0 rings (SSSR count). The van der Waals surface area contributed by atoms with E-state index in [1.807, 2.05) is 6.08 Å². The van der Waals surface area contributed by atoms with Crippen LogP contribution in [0.1, 0.15) is 245 Å². The van der Waals surface area contributed by atoms with Crippen molar-refractivity contribution in [3.63, 3.8) is 0 Å². The summed E-state index contributed by atoms with van der Waals surface area (Å²) in [6.07, 6.45) is 54.3. The van der Waals surface area contributed by atoms with Crippen LogP contribution in [0.3, 0.4) is 0 Å². The summed E-state index contributed by atoms with van der Waals surface area (Å²) in [5, 5.41) is 22.9. The molecule has 328 valence electrons. The summed E-state index contributed by atoms with van der Waals surface area (Å²) in [5.74, 6) is -0.147. The quantitative estimate of drug-likeness (QED) is 0.0325. The van der Waals surface area contributed by atoms with Gasteiger partial charge in [-0.3, -0.25) is 9.59 Å². The molecule has 0 bridgehead atoms. The highest BCUT2D eigenvalue weighted by Crippen LogP contribution is 2.14. The van der Waals surface area contributed by atoms with Crippen molar-refractivity contribution in [3.05, 3.63) is 36.5 Å². The van der Waals surface area contributed by atoms with Gasteiger partial charge in [0.1, 0.15) is 0 Å². The van der Waals surface area contributed by atoms with E-state index >= 15 is 0 Å². The van der Waals surface area contributed by atoms with Crippen LogP contribution in [0.25, 0.3) is 0 Å². The number of carbonyl (C=O) groups is 2. The van der Waals surface area contributed by atoms with E-state index in [1.165, 1.54) is 141 Å². The van der Waals surface area contributed by atoms with E-state index in [0.717, 1.165) is 77.0 Å². The van der Waals surface area contributed by atoms with Gasteiger partial charge in [0.2, 0.25) is 5.91 Å². The van der Waals surface area contributed by atoms with Crippen molar-refractivity contribution in [1.29, 1.82) is 0 Å². The molecule has 0 aliphatic heterocycles. The zero-order valence-corrected chi connectivity index (χ0v) is 37.1. The predicted octanol–water partition coefficient (Wildman–Crippen LogP) is 14.1. The van der Waals surface area contributed by atoms with Crippen LogP contribution in [0.4, 0.5) is 0 Å². The van der Waals surface area contributed by atoms with Crippen LogP contribution in [0.15, 0.2) is 36.5 Å². The van der Waals surface area contributed by atoms with Gasteiger partial charge in [-0.1, -0.05) is 185 Å². The molecule has 0 aromatic heterocycles. The third kappa shape index (κ3) is 41.7. The fraction of sp³-hybridized carbons (Fsp3) is 0.840. The Kier molecular flexibility index (Phi) is 44.2. The van der Waals surface area contributed by atoms with Crippen molar-refractivity contribution in [2.75, 3.05) is 13.2 Å². The molecule has 0 aromatic carbocycles. The fourth-order valence-corrected chi connectivity index (χ4v) is 7.09. The Morgan fingerprint density at radius 3 is 1.27 bits per heavy atom. The Hall–Kier alpha value is -1.92. The summed E-state index contributed by atoms with van der Waals surface area (Å²) in [7, 11) is 0. The minimum atomic E-state index is -0.864. The zero-order chi connectivity index (χ0) is 40.8. The lowest BCUT2D eigenvalue weighted by Crippen LogP contribution is -2.45. The summed E-state index contributed by atoms with van der Waals surface area (Å²) in [5.41, 5.74) is 0. The molecule has 2 atom stereocenters. The summed E-state index contributed by atoms with van der Waals surface area (Å²) in [4.78, 5) is 24.4. The van der Waals surface area contributed by atoms with Gasteiger partial charge in [-0.25, -0.2) is 0 Å². The van der Waals surface area contributed by atoms with Crippen molar-refractivity contribution in [2.24, 2.45) is 0 Å². The van der Waals surface area contributed by atoms with Gasteiger partial charge in [0, 0.05) is 12.8 Å². The number of esters is 1. The van der Waals surface area contributed by atoms with E-state index in [-0.39, 0.29) is 18.5 Å². The molecule has 0 heterocycles. The average Bonchev–Trinajstić information content (AvgIpc) is 3.20. The van der Waals surface area contributed by atoms with E-state index in [1.54, 1.807) is 6.08 Å². The zero-order valence-electron chi connectivity index (χ0n) is 37.1. The summed E-state index contributed by atoms with van der Waals surface area (Å²) in [6, 6.07) is -0.651. The van der Waals surface area contributed by atoms with Gasteiger partial charge in [-0.2, -0.15) is 0 Å². The van der Waals surface area contributed by atoms with Gasteiger partial charge in [0.15, 0.2) is 0 Å². The molecule has 0 aliphatic carbocycles. The lowest BCUT2D eigenvalue weighted by molar-refractivity contribution is -0.143. The molecule has 56 heavy (non-hydrogen) atoms. The van der Waals surface area contributed by atoms with Crippen LogP contribution in [0.2, 0.25) is 0 Å². The van der Waals surface area contributed by atoms with Crippen LogP contribution < -0.4 is 5.32 Å². The predicted molar refractivity (Wildman–Crippen MR) is 241 cm³/mol. The number of ether oxygens (including phenoxy) is 1. The number of aliphatic hydroxyl groups excluding tert-OH is 2. The first-order valence-corrected chi connectivity index (χ1v) is 24.3. The maximum atomic E-state index is 12.4. The Balaban J connectivity index is 3.52. The minimum absolute atomic E-state index is 0.0402. The molecule has 1 amide bonds. The van der Waals surface area contributed by atoms with E-state index in [4.69, 9.17) is 4.74 Å². The van der Waals surface area contributed by atoms with Gasteiger partial charge in [-0.05, 0) is 83.5 Å². The van der Waals surface area contributed by atoms with Crippen LogP contribution in [0, 0.1) is 0 Å². The highest BCUT2D eigenvalue weighted by atomic mass is 16.5. The standard InChI is InChI=1S/C50H93NO5/c1-3-5-7-9-11-13-15-16-17-18-19-20-21-22-23-28-32-36-40-44-50(55)56-45-41-37-33-29-25-24-27-31-35-39-43-49(54)51-47(46-52)48(53)42-38-34-30-26-14-12-10-8-6-4-2/h16-17,25,29,38,42,47-48,52-53H,3-15,18-24,26-28,30-37,39-41,43-46H2,1-2H3,(H,51,54)/b17-16-,29-25-,42-38+. The number of aliphatic hydroxyl groups is 2. The van der Waals surface area contributed by atoms with Gasteiger partial charge in [-0.15, -0.1) is 0 Å². The largest absolute Gasteiger partial charge is 0.466 e.